The van der Waals surface area contributed by atoms with Crippen LogP contribution in [0.5, 0.6) is 0 Å². The SMILES string of the molecule is NCc1cc(F)ccc1C=CCBr. The molecule has 0 amide bonds. The number of rotatable bonds is 3. The molecule has 0 atom stereocenters. The third kappa shape index (κ3) is 2.94. The summed E-state index contributed by atoms with van der Waals surface area (Å²) in [5.74, 6) is -0.239. The van der Waals surface area contributed by atoms with Crippen LogP contribution in [0.15, 0.2) is 24.3 Å². The molecule has 0 spiro atoms. The summed E-state index contributed by atoms with van der Waals surface area (Å²) in [5.41, 5.74) is 7.29. The first-order chi connectivity index (χ1) is 6.27. The highest BCUT2D eigenvalue weighted by molar-refractivity contribution is 9.09. The van der Waals surface area contributed by atoms with Crippen molar-refractivity contribution in [2.75, 3.05) is 5.33 Å². The largest absolute Gasteiger partial charge is 0.326 e. The average molecular weight is 244 g/mol. The lowest BCUT2D eigenvalue weighted by Crippen LogP contribution is -1.99. The molecule has 13 heavy (non-hydrogen) atoms. The molecular formula is C10H11BrFN. The number of allylic oxidation sites excluding steroid dienone is 1. The highest BCUT2D eigenvalue weighted by atomic mass is 79.9. The average Bonchev–Trinajstić information content (AvgIpc) is 2.16. The van der Waals surface area contributed by atoms with E-state index >= 15 is 0 Å². The minimum absolute atomic E-state index is 0.239. The summed E-state index contributed by atoms with van der Waals surface area (Å²) in [6, 6.07) is 4.64. The smallest absolute Gasteiger partial charge is 0.123 e. The van der Waals surface area contributed by atoms with Gasteiger partial charge >= 0.3 is 0 Å². The van der Waals surface area contributed by atoms with Crippen molar-refractivity contribution in [3.8, 4) is 0 Å². The molecular weight excluding hydrogens is 233 g/mol. The summed E-state index contributed by atoms with van der Waals surface area (Å²) in [5, 5.41) is 0.786. The molecule has 70 valence electrons. The summed E-state index contributed by atoms with van der Waals surface area (Å²) in [4.78, 5) is 0. The minimum Gasteiger partial charge on any atom is -0.326 e. The van der Waals surface area contributed by atoms with E-state index in [1.54, 1.807) is 6.07 Å². The van der Waals surface area contributed by atoms with Crippen LogP contribution in [0, 0.1) is 5.82 Å². The van der Waals surface area contributed by atoms with Gasteiger partial charge in [0.2, 0.25) is 0 Å². The number of halogens is 2. The van der Waals surface area contributed by atoms with Crippen molar-refractivity contribution >= 4 is 22.0 Å². The van der Waals surface area contributed by atoms with Crippen LogP contribution in [-0.4, -0.2) is 5.33 Å². The molecule has 0 heterocycles. The molecule has 1 nitrogen and oxygen atoms in total. The Morgan fingerprint density at radius 2 is 2.23 bits per heavy atom. The van der Waals surface area contributed by atoms with Gasteiger partial charge in [0.05, 0.1) is 0 Å². The highest BCUT2D eigenvalue weighted by Crippen LogP contribution is 2.12. The van der Waals surface area contributed by atoms with Gasteiger partial charge in [0, 0.05) is 11.9 Å². The third-order valence-electron chi connectivity index (χ3n) is 1.71. The summed E-state index contributed by atoms with van der Waals surface area (Å²) in [7, 11) is 0. The zero-order chi connectivity index (χ0) is 9.68. The maximum atomic E-state index is 12.8. The first kappa shape index (κ1) is 10.4. The van der Waals surface area contributed by atoms with E-state index < -0.39 is 0 Å². The predicted molar refractivity (Wildman–Crippen MR) is 57.1 cm³/mol. The lowest BCUT2D eigenvalue weighted by atomic mass is 10.1. The van der Waals surface area contributed by atoms with Gasteiger partial charge < -0.3 is 5.73 Å². The van der Waals surface area contributed by atoms with E-state index in [2.05, 4.69) is 15.9 Å². The summed E-state index contributed by atoms with van der Waals surface area (Å²) >= 11 is 3.28. The van der Waals surface area contributed by atoms with Crippen LogP contribution in [0.3, 0.4) is 0 Å². The lowest BCUT2D eigenvalue weighted by molar-refractivity contribution is 0.625. The van der Waals surface area contributed by atoms with E-state index in [0.29, 0.717) is 6.54 Å². The molecule has 0 aliphatic carbocycles. The Morgan fingerprint density at radius 1 is 1.46 bits per heavy atom. The van der Waals surface area contributed by atoms with Crippen LogP contribution < -0.4 is 5.73 Å². The second kappa shape index (κ2) is 5.14. The Hall–Kier alpha value is -0.670. The van der Waals surface area contributed by atoms with Crippen molar-refractivity contribution < 1.29 is 4.39 Å². The van der Waals surface area contributed by atoms with Crippen molar-refractivity contribution in [2.24, 2.45) is 5.73 Å². The van der Waals surface area contributed by atoms with Gasteiger partial charge in [-0.2, -0.15) is 0 Å². The van der Waals surface area contributed by atoms with Gasteiger partial charge in [0.1, 0.15) is 5.82 Å². The molecule has 0 bridgehead atoms. The molecule has 0 fully saturated rings. The summed E-state index contributed by atoms with van der Waals surface area (Å²) < 4.78 is 12.8. The van der Waals surface area contributed by atoms with Gasteiger partial charge in [-0.1, -0.05) is 34.1 Å². The normalized spacial score (nSPS) is 11.0. The molecule has 2 N–H and O–H groups in total. The Kier molecular flexibility index (Phi) is 4.12. The predicted octanol–water partition coefficient (Wildman–Crippen LogP) is 2.69. The van der Waals surface area contributed by atoms with Gasteiger partial charge in [-0.05, 0) is 23.3 Å². The van der Waals surface area contributed by atoms with Crippen molar-refractivity contribution in [2.45, 2.75) is 6.54 Å². The zero-order valence-electron chi connectivity index (χ0n) is 7.13. The Morgan fingerprint density at radius 3 is 2.85 bits per heavy atom. The second-order valence-electron chi connectivity index (χ2n) is 2.60. The molecule has 0 saturated carbocycles. The van der Waals surface area contributed by atoms with Crippen LogP contribution in [0.1, 0.15) is 11.1 Å². The molecule has 0 saturated heterocycles. The molecule has 1 aromatic rings. The number of hydrogen-bond donors (Lipinski definition) is 1. The first-order valence-corrected chi connectivity index (χ1v) is 5.11. The molecule has 0 aromatic heterocycles. The van der Waals surface area contributed by atoms with Crippen LogP contribution in [0.25, 0.3) is 6.08 Å². The number of alkyl halides is 1. The first-order valence-electron chi connectivity index (χ1n) is 3.99. The maximum absolute atomic E-state index is 12.8. The number of hydrogen-bond acceptors (Lipinski definition) is 1. The van der Waals surface area contributed by atoms with E-state index in [-0.39, 0.29) is 5.82 Å². The van der Waals surface area contributed by atoms with E-state index in [0.717, 1.165) is 16.5 Å². The van der Waals surface area contributed by atoms with Gasteiger partial charge in [-0.3, -0.25) is 0 Å². The summed E-state index contributed by atoms with van der Waals surface area (Å²) in [6.07, 6.45) is 3.88. The van der Waals surface area contributed by atoms with Crippen molar-refractivity contribution in [1.82, 2.24) is 0 Å². The third-order valence-corrected chi connectivity index (χ3v) is 2.09. The van der Waals surface area contributed by atoms with Crippen LogP contribution >= 0.6 is 15.9 Å². The molecule has 0 aliphatic rings. The molecule has 3 heteroatoms. The van der Waals surface area contributed by atoms with Gasteiger partial charge in [-0.25, -0.2) is 4.39 Å². The molecule has 1 rings (SSSR count). The zero-order valence-corrected chi connectivity index (χ0v) is 8.72. The molecule has 0 unspecified atom stereocenters. The van der Waals surface area contributed by atoms with Crippen molar-refractivity contribution in [1.29, 1.82) is 0 Å². The van der Waals surface area contributed by atoms with E-state index in [4.69, 9.17) is 5.73 Å². The van der Waals surface area contributed by atoms with Gasteiger partial charge in [0.15, 0.2) is 0 Å². The Bertz CT molecular complexity index is 310. The number of nitrogens with two attached hydrogens (primary N) is 1. The standard InChI is InChI=1S/C10H11BrFN/c11-5-1-2-8-3-4-10(12)6-9(8)7-13/h1-4,6H,5,7,13H2. The van der Waals surface area contributed by atoms with Gasteiger partial charge in [-0.15, -0.1) is 0 Å². The van der Waals surface area contributed by atoms with Crippen molar-refractivity contribution in [3.63, 3.8) is 0 Å². The summed E-state index contributed by atoms with van der Waals surface area (Å²) in [6.45, 7) is 0.361. The maximum Gasteiger partial charge on any atom is 0.123 e. The lowest BCUT2D eigenvalue weighted by Gasteiger charge is -2.02. The van der Waals surface area contributed by atoms with Crippen LogP contribution in [-0.2, 0) is 6.54 Å². The molecule has 0 radical (unpaired) electrons. The van der Waals surface area contributed by atoms with Crippen LogP contribution in [0.2, 0.25) is 0 Å². The van der Waals surface area contributed by atoms with Crippen LogP contribution in [0.4, 0.5) is 4.39 Å². The molecule has 1 aromatic carbocycles. The number of benzene rings is 1. The Balaban J connectivity index is 2.99. The van der Waals surface area contributed by atoms with Gasteiger partial charge in [0.25, 0.3) is 0 Å². The van der Waals surface area contributed by atoms with E-state index in [1.807, 2.05) is 12.2 Å². The fourth-order valence-electron chi connectivity index (χ4n) is 1.09. The fraction of sp³-hybridized carbons (Fsp3) is 0.200. The monoisotopic (exact) mass is 243 g/mol. The minimum atomic E-state index is -0.239. The fourth-order valence-corrected chi connectivity index (χ4v) is 1.27. The second-order valence-corrected chi connectivity index (χ2v) is 3.25. The quantitative estimate of drug-likeness (QED) is 0.813. The van der Waals surface area contributed by atoms with E-state index in [1.165, 1.54) is 12.1 Å². The van der Waals surface area contributed by atoms with Crippen molar-refractivity contribution in [3.05, 3.63) is 41.2 Å². The highest BCUT2D eigenvalue weighted by Gasteiger charge is 1.98. The molecule has 0 aliphatic heterocycles. The van der Waals surface area contributed by atoms with E-state index in [9.17, 15) is 4.39 Å². The Labute approximate surface area is 85.6 Å². The topological polar surface area (TPSA) is 26.0 Å².